The lowest BCUT2D eigenvalue weighted by atomic mass is 10.1. The summed E-state index contributed by atoms with van der Waals surface area (Å²) in [4.78, 5) is 30.8. The van der Waals surface area contributed by atoms with Gasteiger partial charge in [0.05, 0.1) is 27.4 Å². The molecule has 3 rings (SSSR count). The van der Waals surface area contributed by atoms with Gasteiger partial charge in [-0.15, -0.1) is 0 Å². The zero-order valence-electron chi connectivity index (χ0n) is 16.6. The number of hydrogen-bond donors (Lipinski definition) is 1. The van der Waals surface area contributed by atoms with Gasteiger partial charge in [0.1, 0.15) is 5.69 Å². The summed E-state index contributed by atoms with van der Waals surface area (Å²) in [5.41, 5.74) is 1.68. The average molecular weight is 399 g/mol. The first kappa shape index (κ1) is 20.6. The van der Waals surface area contributed by atoms with Crippen molar-refractivity contribution in [1.82, 2.24) is 15.2 Å². The SMILES string of the molecule is COc1ccc(CCNC(=O)c2cc(C(=O)N3CCOCC3)ccn2)cc1OC. The minimum absolute atomic E-state index is 0.116. The molecule has 0 unspecified atom stereocenters. The quantitative estimate of drug-likeness (QED) is 0.760. The van der Waals surface area contributed by atoms with Crippen LogP contribution in [0.5, 0.6) is 11.5 Å². The molecule has 2 heterocycles. The summed E-state index contributed by atoms with van der Waals surface area (Å²) in [5.74, 6) is 0.871. The van der Waals surface area contributed by atoms with E-state index in [9.17, 15) is 9.59 Å². The zero-order valence-corrected chi connectivity index (χ0v) is 16.6. The standard InChI is InChI=1S/C21H25N3O5/c1-27-18-4-3-15(13-19(18)28-2)5-7-23-20(25)17-14-16(6-8-22-17)21(26)24-9-11-29-12-10-24/h3-4,6,8,13-14H,5,7,9-12H2,1-2H3,(H,23,25). The second kappa shape index (κ2) is 9.88. The highest BCUT2D eigenvalue weighted by molar-refractivity contribution is 5.98. The Hall–Kier alpha value is -3.13. The van der Waals surface area contributed by atoms with Gasteiger partial charge in [-0.1, -0.05) is 6.07 Å². The van der Waals surface area contributed by atoms with E-state index in [1.54, 1.807) is 25.2 Å². The lowest BCUT2D eigenvalue weighted by Crippen LogP contribution is -2.40. The summed E-state index contributed by atoms with van der Waals surface area (Å²) >= 11 is 0. The van der Waals surface area contributed by atoms with Gasteiger partial charge in [-0.05, 0) is 36.2 Å². The van der Waals surface area contributed by atoms with Gasteiger partial charge >= 0.3 is 0 Å². The van der Waals surface area contributed by atoms with Crippen LogP contribution < -0.4 is 14.8 Å². The molecule has 0 bridgehead atoms. The van der Waals surface area contributed by atoms with Gasteiger partial charge in [-0.2, -0.15) is 0 Å². The highest BCUT2D eigenvalue weighted by atomic mass is 16.5. The number of pyridine rings is 1. The van der Waals surface area contributed by atoms with E-state index in [-0.39, 0.29) is 17.5 Å². The Morgan fingerprint density at radius 1 is 1.10 bits per heavy atom. The molecule has 1 saturated heterocycles. The molecule has 154 valence electrons. The van der Waals surface area contributed by atoms with E-state index in [0.717, 1.165) is 5.56 Å². The van der Waals surface area contributed by atoms with Crippen LogP contribution in [0.2, 0.25) is 0 Å². The summed E-state index contributed by atoms with van der Waals surface area (Å²) in [6.07, 6.45) is 2.11. The Balaban J connectivity index is 1.57. The molecule has 0 spiro atoms. The maximum absolute atomic E-state index is 12.6. The Morgan fingerprint density at radius 2 is 1.86 bits per heavy atom. The Morgan fingerprint density at radius 3 is 2.59 bits per heavy atom. The van der Waals surface area contributed by atoms with Gasteiger partial charge in [0.25, 0.3) is 11.8 Å². The van der Waals surface area contributed by atoms with Crippen molar-refractivity contribution in [1.29, 1.82) is 0 Å². The van der Waals surface area contributed by atoms with Crippen LogP contribution in [-0.2, 0) is 11.2 Å². The number of ether oxygens (including phenoxy) is 3. The second-order valence-electron chi connectivity index (χ2n) is 6.53. The summed E-state index contributed by atoms with van der Waals surface area (Å²) in [6.45, 7) is 2.58. The molecular formula is C21H25N3O5. The normalized spacial score (nSPS) is 13.7. The topological polar surface area (TPSA) is 90.0 Å². The van der Waals surface area contributed by atoms with Gasteiger partial charge in [-0.25, -0.2) is 0 Å². The van der Waals surface area contributed by atoms with Crippen LogP contribution in [0.3, 0.4) is 0 Å². The predicted molar refractivity (Wildman–Crippen MR) is 107 cm³/mol. The van der Waals surface area contributed by atoms with Gasteiger partial charge in [0.2, 0.25) is 0 Å². The molecule has 29 heavy (non-hydrogen) atoms. The Kier molecular flexibility index (Phi) is 7.02. The third-order valence-corrected chi connectivity index (χ3v) is 4.69. The number of nitrogens with zero attached hydrogens (tertiary/aromatic N) is 2. The van der Waals surface area contributed by atoms with Gasteiger partial charge in [0.15, 0.2) is 11.5 Å². The summed E-state index contributed by atoms with van der Waals surface area (Å²) < 4.78 is 15.8. The van der Waals surface area contributed by atoms with E-state index in [4.69, 9.17) is 14.2 Å². The van der Waals surface area contributed by atoms with Crippen LogP contribution in [0, 0.1) is 0 Å². The first-order valence-electron chi connectivity index (χ1n) is 9.44. The third-order valence-electron chi connectivity index (χ3n) is 4.69. The number of carbonyl (C=O) groups is 2. The first-order chi connectivity index (χ1) is 14.1. The van der Waals surface area contributed by atoms with Crippen LogP contribution >= 0.6 is 0 Å². The van der Waals surface area contributed by atoms with E-state index in [1.165, 1.54) is 12.3 Å². The third kappa shape index (κ3) is 5.23. The molecule has 0 atom stereocenters. The minimum atomic E-state index is -0.317. The molecule has 0 saturated carbocycles. The van der Waals surface area contributed by atoms with Crippen molar-refractivity contribution in [3.63, 3.8) is 0 Å². The fraction of sp³-hybridized carbons (Fsp3) is 0.381. The van der Waals surface area contributed by atoms with Crippen molar-refractivity contribution in [3.8, 4) is 11.5 Å². The fourth-order valence-electron chi connectivity index (χ4n) is 3.08. The molecule has 1 N–H and O–H groups in total. The number of amides is 2. The van der Waals surface area contributed by atoms with Gasteiger partial charge < -0.3 is 24.4 Å². The van der Waals surface area contributed by atoms with Crippen LogP contribution in [0.25, 0.3) is 0 Å². The Labute approximate surface area is 169 Å². The molecule has 8 nitrogen and oxygen atoms in total. The molecule has 2 aromatic rings. The maximum atomic E-state index is 12.6. The lowest BCUT2D eigenvalue weighted by molar-refractivity contribution is 0.0303. The van der Waals surface area contributed by atoms with E-state index in [2.05, 4.69) is 10.3 Å². The monoisotopic (exact) mass is 399 g/mol. The number of methoxy groups -OCH3 is 2. The number of carbonyl (C=O) groups excluding carboxylic acids is 2. The van der Waals surface area contributed by atoms with Crippen LogP contribution in [0.4, 0.5) is 0 Å². The van der Waals surface area contributed by atoms with Crippen LogP contribution in [-0.4, -0.2) is 68.8 Å². The van der Waals surface area contributed by atoms with Crippen LogP contribution in [0.1, 0.15) is 26.4 Å². The molecule has 1 aromatic carbocycles. The molecule has 0 aliphatic carbocycles. The van der Waals surface area contributed by atoms with E-state index in [1.807, 2.05) is 18.2 Å². The van der Waals surface area contributed by atoms with Crippen molar-refractivity contribution >= 4 is 11.8 Å². The molecule has 1 aliphatic rings. The first-order valence-corrected chi connectivity index (χ1v) is 9.44. The average Bonchev–Trinajstić information content (AvgIpc) is 2.79. The number of aromatic nitrogens is 1. The number of rotatable bonds is 7. The summed E-state index contributed by atoms with van der Waals surface area (Å²) in [6, 6.07) is 8.79. The molecule has 1 fully saturated rings. The lowest BCUT2D eigenvalue weighted by Gasteiger charge is -2.26. The smallest absolute Gasteiger partial charge is 0.269 e. The molecule has 8 heteroatoms. The van der Waals surface area contributed by atoms with Crippen molar-refractivity contribution in [3.05, 3.63) is 53.3 Å². The van der Waals surface area contributed by atoms with E-state index in [0.29, 0.717) is 56.3 Å². The van der Waals surface area contributed by atoms with Gasteiger partial charge in [-0.3, -0.25) is 14.6 Å². The summed E-state index contributed by atoms with van der Waals surface area (Å²) in [5, 5.41) is 2.84. The largest absolute Gasteiger partial charge is 0.493 e. The van der Waals surface area contributed by atoms with Crippen LogP contribution in [0.15, 0.2) is 36.5 Å². The summed E-state index contributed by atoms with van der Waals surface area (Å²) in [7, 11) is 3.17. The highest BCUT2D eigenvalue weighted by Crippen LogP contribution is 2.27. The van der Waals surface area contributed by atoms with Crippen molar-refractivity contribution in [2.24, 2.45) is 0 Å². The highest BCUT2D eigenvalue weighted by Gasteiger charge is 2.20. The maximum Gasteiger partial charge on any atom is 0.269 e. The number of nitrogens with one attached hydrogen (secondary N) is 1. The number of benzene rings is 1. The molecule has 0 radical (unpaired) electrons. The molecule has 1 aromatic heterocycles. The number of morpholine rings is 1. The molecule has 2 amide bonds. The fourth-order valence-corrected chi connectivity index (χ4v) is 3.08. The van der Waals surface area contributed by atoms with Crippen molar-refractivity contribution in [2.45, 2.75) is 6.42 Å². The van der Waals surface area contributed by atoms with Crippen molar-refractivity contribution < 1.29 is 23.8 Å². The Bertz CT molecular complexity index is 865. The van der Waals surface area contributed by atoms with E-state index < -0.39 is 0 Å². The predicted octanol–water partition coefficient (Wildman–Crippen LogP) is 1.54. The van der Waals surface area contributed by atoms with Gasteiger partial charge in [0, 0.05) is 31.4 Å². The molecular weight excluding hydrogens is 374 g/mol. The number of hydrogen-bond acceptors (Lipinski definition) is 6. The zero-order chi connectivity index (χ0) is 20.6. The van der Waals surface area contributed by atoms with E-state index >= 15 is 0 Å². The van der Waals surface area contributed by atoms with Crippen molar-refractivity contribution in [2.75, 3.05) is 47.1 Å². The second-order valence-corrected chi connectivity index (χ2v) is 6.53. The minimum Gasteiger partial charge on any atom is -0.493 e. The molecule has 1 aliphatic heterocycles.